The van der Waals surface area contributed by atoms with Gasteiger partial charge in [-0.25, -0.2) is 0 Å². The minimum atomic E-state index is -0.107. The molecule has 3 heterocycles. The van der Waals surface area contributed by atoms with Crippen LogP contribution in [0.4, 0.5) is 5.69 Å². The summed E-state index contributed by atoms with van der Waals surface area (Å²) in [6.45, 7) is 4.22. The van der Waals surface area contributed by atoms with Crippen molar-refractivity contribution in [3.8, 4) is 11.4 Å². The van der Waals surface area contributed by atoms with Crippen molar-refractivity contribution in [2.24, 2.45) is 0 Å². The van der Waals surface area contributed by atoms with E-state index in [-0.39, 0.29) is 12.1 Å². The van der Waals surface area contributed by atoms with Crippen molar-refractivity contribution < 1.29 is 4.74 Å². The lowest BCUT2D eigenvalue weighted by Crippen LogP contribution is -2.30. The average Bonchev–Trinajstić information content (AvgIpc) is 3.40. The summed E-state index contributed by atoms with van der Waals surface area (Å²) in [6.07, 6.45) is 1.83. The molecule has 2 atom stereocenters. The highest BCUT2D eigenvalue weighted by Crippen LogP contribution is 2.43. The minimum Gasteiger partial charge on any atom is -0.497 e. The predicted molar refractivity (Wildman–Crippen MR) is 144 cm³/mol. The van der Waals surface area contributed by atoms with E-state index >= 15 is 0 Å². The number of rotatable bonds is 5. The molecule has 1 aliphatic rings. The van der Waals surface area contributed by atoms with E-state index < -0.39 is 0 Å². The maximum Gasteiger partial charge on any atom is 0.174 e. The second-order valence-corrected chi connectivity index (χ2v) is 9.60. The van der Waals surface area contributed by atoms with Crippen LogP contribution in [0.1, 0.15) is 34.7 Å². The zero-order valence-electron chi connectivity index (χ0n) is 19.2. The van der Waals surface area contributed by atoms with Gasteiger partial charge in [0, 0.05) is 33.4 Å². The number of benzene rings is 2. The maximum atomic E-state index is 5.90. The van der Waals surface area contributed by atoms with Crippen molar-refractivity contribution in [2.75, 3.05) is 12.0 Å². The van der Waals surface area contributed by atoms with Gasteiger partial charge in [0.15, 0.2) is 5.11 Å². The largest absolute Gasteiger partial charge is 0.497 e. The van der Waals surface area contributed by atoms with Gasteiger partial charge in [-0.1, -0.05) is 22.0 Å². The summed E-state index contributed by atoms with van der Waals surface area (Å²) in [6, 6.07) is 24.6. The van der Waals surface area contributed by atoms with Crippen LogP contribution in [0.15, 0.2) is 83.5 Å². The van der Waals surface area contributed by atoms with E-state index in [4.69, 9.17) is 17.0 Å². The van der Waals surface area contributed by atoms with Gasteiger partial charge in [-0.05, 0) is 98.4 Å². The van der Waals surface area contributed by atoms with E-state index in [0.717, 1.165) is 44.2 Å². The standard InChI is InChI=1S/C27H25BrN4OS/c1-17-16-20(10-13-22(17)28)32-26(25(30-27(32)34)23-6-4-5-15-29-23)24-14-7-18(2)31(24)19-8-11-21(33-3)12-9-19/h4-16,25-26H,1-3H3,(H,30,34). The highest BCUT2D eigenvalue weighted by Gasteiger charge is 2.42. The van der Waals surface area contributed by atoms with Gasteiger partial charge in [0.1, 0.15) is 11.8 Å². The molecule has 2 unspecified atom stereocenters. The second-order valence-electron chi connectivity index (χ2n) is 8.36. The van der Waals surface area contributed by atoms with Gasteiger partial charge < -0.3 is 19.5 Å². The molecule has 2 aromatic heterocycles. The number of anilines is 1. The monoisotopic (exact) mass is 532 g/mol. The van der Waals surface area contributed by atoms with Gasteiger partial charge in [0.05, 0.1) is 18.8 Å². The number of aryl methyl sites for hydroxylation is 2. The smallest absolute Gasteiger partial charge is 0.174 e. The number of hydrogen-bond acceptors (Lipinski definition) is 3. The topological polar surface area (TPSA) is 42.3 Å². The van der Waals surface area contributed by atoms with Crippen LogP contribution in [0, 0.1) is 13.8 Å². The molecule has 0 bridgehead atoms. The van der Waals surface area contributed by atoms with Crippen LogP contribution in [0.5, 0.6) is 5.75 Å². The molecule has 7 heteroatoms. The van der Waals surface area contributed by atoms with Crippen LogP contribution in [0.25, 0.3) is 5.69 Å². The van der Waals surface area contributed by atoms with Crippen molar-refractivity contribution >= 4 is 38.9 Å². The fourth-order valence-electron chi connectivity index (χ4n) is 4.59. The molecule has 0 amide bonds. The summed E-state index contributed by atoms with van der Waals surface area (Å²) in [5, 5.41) is 4.24. The van der Waals surface area contributed by atoms with Gasteiger partial charge >= 0.3 is 0 Å². The molecule has 0 spiro atoms. The lowest BCUT2D eigenvalue weighted by molar-refractivity contribution is 0.414. The fourth-order valence-corrected chi connectivity index (χ4v) is 5.18. The third kappa shape index (κ3) is 3.99. The molecule has 0 aliphatic carbocycles. The molecule has 4 aromatic rings. The number of methoxy groups -OCH3 is 1. The number of pyridine rings is 1. The Labute approximate surface area is 213 Å². The Hall–Kier alpha value is -3.16. The van der Waals surface area contributed by atoms with Crippen LogP contribution >= 0.6 is 28.1 Å². The van der Waals surface area contributed by atoms with E-state index in [1.807, 2.05) is 30.5 Å². The molecular formula is C27H25BrN4OS. The summed E-state index contributed by atoms with van der Waals surface area (Å²) >= 11 is 9.53. The minimum absolute atomic E-state index is 0.0984. The Morgan fingerprint density at radius 2 is 1.74 bits per heavy atom. The molecule has 5 nitrogen and oxygen atoms in total. The number of halogens is 1. The Morgan fingerprint density at radius 1 is 0.971 bits per heavy atom. The normalized spacial score (nSPS) is 17.6. The van der Waals surface area contributed by atoms with Gasteiger partial charge in [-0.15, -0.1) is 0 Å². The SMILES string of the molecule is COc1ccc(-n2c(C)ccc2C2C(c3ccccn3)NC(=S)N2c2ccc(Br)c(C)c2)cc1. The molecule has 1 fully saturated rings. The van der Waals surface area contributed by atoms with E-state index in [1.54, 1.807) is 7.11 Å². The van der Waals surface area contributed by atoms with Crippen molar-refractivity contribution in [1.82, 2.24) is 14.9 Å². The molecule has 172 valence electrons. The van der Waals surface area contributed by atoms with Crippen molar-refractivity contribution in [3.05, 3.63) is 106 Å². The fraction of sp³-hybridized carbons (Fsp3) is 0.185. The molecule has 0 radical (unpaired) electrons. The number of aromatic nitrogens is 2. The van der Waals surface area contributed by atoms with Crippen LogP contribution in [-0.2, 0) is 0 Å². The zero-order chi connectivity index (χ0) is 23.8. The first-order valence-electron chi connectivity index (χ1n) is 11.1. The lowest BCUT2D eigenvalue weighted by Gasteiger charge is -2.29. The first kappa shape index (κ1) is 22.6. The zero-order valence-corrected chi connectivity index (χ0v) is 21.6. The summed E-state index contributed by atoms with van der Waals surface area (Å²) in [5.41, 5.74) is 6.49. The van der Waals surface area contributed by atoms with Gasteiger partial charge in [-0.2, -0.15) is 0 Å². The first-order valence-corrected chi connectivity index (χ1v) is 12.3. The van der Waals surface area contributed by atoms with Crippen molar-refractivity contribution in [1.29, 1.82) is 0 Å². The highest BCUT2D eigenvalue weighted by atomic mass is 79.9. The lowest BCUT2D eigenvalue weighted by atomic mass is 10.0. The summed E-state index contributed by atoms with van der Waals surface area (Å²) < 4.78 is 8.73. The molecule has 1 N–H and O–H groups in total. The summed E-state index contributed by atoms with van der Waals surface area (Å²) in [4.78, 5) is 6.89. The second kappa shape index (κ2) is 9.24. The molecule has 1 saturated heterocycles. The quantitative estimate of drug-likeness (QED) is 0.299. The molecule has 1 aliphatic heterocycles. The van der Waals surface area contributed by atoms with E-state index in [0.29, 0.717) is 5.11 Å². The summed E-state index contributed by atoms with van der Waals surface area (Å²) in [7, 11) is 1.68. The van der Waals surface area contributed by atoms with Crippen LogP contribution in [0.3, 0.4) is 0 Å². The van der Waals surface area contributed by atoms with Crippen molar-refractivity contribution in [2.45, 2.75) is 25.9 Å². The van der Waals surface area contributed by atoms with E-state index in [9.17, 15) is 0 Å². The van der Waals surface area contributed by atoms with Crippen molar-refractivity contribution in [3.63, 3.8) is 0 Å². The van der Waals surface area contributed by atoms with Crippen LogP contribution in [-0.4, -0.2) is 21.8 Å². The number of nitrogens with zero attached hydrogens (tertiary/aromatic N) is 3. The third-order valence-electron chi connectivity index (χ3n) is 6.26. The van der Waals surface area contributed by atoms with Crippen LogP contribution < -0.4 is 15.0 Å². The maximum absolute atomic E-state index is 5.90. The molecule has 34 heavy (non-hydrogen) atoms. The number of nitrogens with one attached hydrogen (secondary N) is 1. The Bertz CT molecular complexity index is 1340. The number of hydrogen-bond donors (Lipinski definition) is 1. The number of thiocarbonyl (C=S) groups is 1. The predicted octanol–water partition coefficient (Wildman–Crippen LogP) is 6.44. The summed E-state index contributed by atoms with van der Waals surface area (Å²) in [5.74, 6) is 0.831. The molecular weight excluding hydrogens is 508 g/mol. The van der Waals surface area contributed by atoms with E-state index in [2.05, 4.69) is 98.1 Å². The third-order valence-corrected chi connectivity index (χ3v) is 7.46. The highest BCUT2D eigenvalue weighted by molar-refractivity contribution is 9.10. The molecule has 5 rings (SSSR count). The average molecular weight is 533 g/mol. The number of ether oxygens (including phenoxy) is 1. The van der Waals surface area contributed by atoms with Gasteiger partial charge in [-0.3, -0.25) is 4.98 Å². The molecule has 2 aromatic carbocycles. The van der Waals surface area contributed by atoms with Gasteiger partial charge in [0.25, 0.3) is 0 Å². The first-order chi connectivity index (χ1) is 16.5. The van der Waals surface area contributed by atoms with E-state index in [1.165, 1.54) is 0 Å². The van der Waals surface area contributed by atoms with Gasteiger partial charge in [0.2, 0.25) is 0 Å². The molecule has 0 saturated carbocycles. The Kier molecular flexibility index (Phi) is 6.15. The Balaban J connectivity index is 1.69. The Morgan fingerprint density at radius 3 is 2.41 bits per heavy atom. The van der Waals surface area contributed by atoms with Crippen LogP contribution in [0.2, 0.25) is 0 Å².